The molecule has 0 saturated carbocycles. The van der Waals surface area contributed by atoms with Crippen LogP contribution in [0.5, 0.6) is 0 Å². The van der Waals surface area contributed by atoms with Gasteiger partial charge in [-0.3, -0.25) is 4.90 Å². The van der Waals surface area contributed by atoms with Gasteiger partial charge in [0.25, 0.3) is 0 Å². The topological polar surface area (TPSA) is 94.2 Å². The van der Waals surface area contributed by atoms with Gasteiger partial charge in [0.2, 0.25) is 0 Å². The van der Waals surface area contributed by atoms with Crippen LogP contribution in [0.2, 0.25) is 0 Å². The smallest absolute Gasteiger partial charge is 0.411 e. The number of carbonyl (C=O) groups excluding carboxylic acids is 3. The molecule has 0 aliphatic carbocycles. The molecule has 8 heteroatoms. The molecule has 25 heavy (non-hydrogen) atoms. The largest absolute Gasteiger partial charge is 0.467 e. The van der Waals surface area contributed by atoms with Crippen molar-refractivity contribution in [1.82, 2.24) is 10.2 Å². The number of hydrogen-bond donors (Lipinski definition) is 1. The van der Waals surface area contributed by atoms with Crippen molar-refractivity contribution in [2.45, 2.75) is 65.2 Å². The molecule has 1 saturated heterocycles. The van der Waals surface area contributed by atoms with E-state index >= 15 is 0 Å². The highest BCUT2D eigenvalue weighted by Gasteiger charge is 2.42. The lowest BCUT2D eigenvalue weighted by Crippen LogP contribution is -2.44. The summed E-state index contributed by atoms with van der Waals surface area (Å²) in [5.41, 5.74) is -1.25. The van der Waals surface area contributed by atoms with Crippen LogP contribution in [0.1, 0.15) is 48.0 Å². The molecule has 0 unspecified atom stereocenters. The summed E-state index contributed by atoms with van der Waals surface area (Å²) in [7, 11) is 1.28. The number of nitrogens with zero attached hydrogens (tertiary/aromatic N) is 1. The van der Waals surface area contributed by atoms with Crippen molar-refractivity contribution in [3.63, 3.8) is 0 Å². The maximum Gasteiger partial charge on any atom is 0.411 e. The van der Waals surface area contributed by atoms with E-state index in [1.54, 1.807) is 41.5 Å². The lowest BCUT2D eigenvalue weighted by Gasteiger charge is -2.27. The molecule has 8 nitrogen and oxygen atoms in total. The van der Waals surface area contributed by atoms with Crippen LogP contribution < -0.4 is 5.32 Å². The Kier molecular flexibility index (Phi) is 6.68. The molecule has 0 radical (unpaired) electrons. The molecule has 1 aliphatic heterocycles. The Morgan fingerprint density at radius 2 is 1.60 bits per heavy atom. The summed E-state index contributed by atoms with van der Waals surface area (Å²) in [5, 5.41) is 2.67. The number of alkyl carbamates (subject to hydrolysis) is 1. The second kappa shape index (κ2) is 7.93. The van der Waals surface area contributed by atoms with Crippen molar-refractivity contribution in [2.75, 3.05) is 20.2 Å². The Hall–Kier alpha value is -1.99. The summed E-state index contributed by atoms with van der Waals surface area (Å²) in [5.74, 6) is -0.588. The lowest BCUT2D eigenvalue weighted by molar-refractivity contribution is -0.145. The van der Waals surface area contributed by atoms with Crippen molar-refractivity contribution < 1.29 is 28.6 Å². The van der Waals surface area contributed by atoms with Crippen molar-refractivity contribution in [2.24, 2.45) is 5.92 Å². The first-order chi connectivity index (χ1) is 11.3. The molecule has 1 N–H and O–H groups in total. The highest BCUT2D eigenvalue weighted by Crippen LogP contribution is 2.26. The number of ether oxygens (including phenoxy) is 3. The second-order valence-corrected chi connectivity index (χ2v) is 8.16. The van der Waals surface area contributed by atoms with Gasteiger partial charge < -0.3 is 19.5 Å². The molecule has 1 aliphatic rings. The highest BCUT2D eigenvalue weighted by molar-refractivity contribution is 5.82. The first-order valence-electron chi connectivity index (χ1n) is 8.36. The van der Waals surface area contributed by atoms with Crippen LogP contribution in [-0.4, -0.2) is 60.5 Å². The zero-order valence-corrected chi connectivity index (χ0v) is 16.2. The zero-order valence-electron chi connectivity index (χ0n) is 16.2. The Bertz CT molecular complexity index is 506. The maximum atomic E-state index is 12.3. The number of methoxy groups -OCH3 is 1. The first kappa shape index (κ1) is 21.1. The molecule has 0 aromatic carbocycles. The van der Waals surface area contributed by atoms with Gasteiger partial charge in [-0.25, -0.2) is 14.4 Å². The quantitative estimate of drug-likeness (QED) is 0.614. The van der Waals surface area contributed by atoms with Crippen molar-refractivity contribution in [3.8, 4) is 0 Å². The van der Waals surface area contributed by atoms with E-state index in [4.69, 9.17) is 14.2 Å². The number of nitrogens with one attached hydrogen (secondary N) is 1. The minimum atomic E-state index is -0.717. The van der Waals surface area contributed by atoms with Gasteiger partial charge in [-0.05, 0) is 53.9 Å². The average Bonchev–Trinajstić information content (AvgIpc) is 2.85. The van der Waals surface area contributed by atoms with Gasteiger partial charge in [0.05, 0.1) is 7.11 Å². The third-order valence-corrected chi connectivity index (χ3v) is 3.42. The fourth-order valence-corrected chi connectivity index (χ4v) is 2.49. The summed E-state index contributed by atoms with van der Waals surface area (Å²) >= 11 is 0. The Balaban J connectivity index is 2.69. The second-order valence-electron chi connectivity index (χ2n) is 8.16. The standard InChI is InChI=1S/C17H30N2O6/c1-16(2,3)24-14(21)18-9-11-8-12(13(20)23-7)19(10-11)15(22)25-17(4,5)6/h11-12H,8-10H2,1-7H3,(H,18,21)/t11-,12+/m1/s1. The normalized spacial score (nSPS) is 20.8. The number of amides is 2. The van der Waals surface area contributed by atoms with Gasteiger partial charge in [-0.1, -0.05) is 0 Å². The Morgan fingerprint density at radius 3 is 2.08 bits per heavy atom. The van der Waals surface area contributed by atoms with Crippen molar-refractivity contribution >= 4 is 18.2 Å². The van der Waals surface area contributed by atoms with Crippen LogP contribution >= 0.6 is 0 Å². The molecule has 1 heterocycles. The predicted octanol–water partition coefficient (Wildman–Crippen LogP) is 2.31. The van der Waals surface area contributed by atoms with Crippen LogP contribution in [0.25, 0.3) is 0 Å². The molecule has 0 aromatic heterocycles. The van der Waals surface area contributed by atoms with Crippen LogP contribution in [0.4, 0.5) is 9.59 Å². The molecular weight excluding hydrogens is 328 g/mol. The van der Waals surface area contributed by atoms with Gasteiger partial charge in [-0.15, -0.1) is 0 Å². The Morgan fingerprint density at radius 1 is 1.04 bits per heavy atom. The Labute approximate surface area is 149 Å². The third-order valence-electron chi connectivity index (χ3n) is 3.42. The van der Waals surface area contributed by atoms with E-state index < -0.39 is 35.4 Å². The summed E-state index contributed by atoms with van der Waals surface area (Å²) in [6.45, 7) is 11.2. The molecular formula is C17H30N2O6. The molecule has 0 aromatic rings. The molecule has 2 atom stereocenters. The minimum Gasteiger partial charge on any atom is -0.467 e. The van der Waals surface area contributed by atoms with Crippen LogP contribution in [0.15, 0.2) is 0 Å². The van der Waals surface area contributed by atoms with E-state index in [0.29, 0.717) is 19.5 Å². The van der Waals surface area contributed by atoms with Gasteiger partial charge in [0, 0.05) is 13.1 Å². The van der Waals surface area contributed by atoms with E-state index in [9.17, 15) is 14.4 Å². The van der Waals surface area contributed by atoms with Gasteiger partial charge >= 0.3 is 18.2 Å². The third kappa shape index (κ3) is 7.19. The number of likely N-dealkylation sites (tertiary alicyclic amines) is 1. The van der Waals surface area contributed by atoms with Crippen LogP contribution in [0, 0.1) is 5.92 Å². The van der Waals surface area contributed by atoms with E-state index in [1.807, 2.05) is 0 Å². The van der Waals surface area contributed by atoms with Gasteiger partial charge in [0.1, 0.15) is 17.2 Å². The van der Waals surface area contributed by atoms with E-state index in [0.717, 1.165) is 0 Å². The number of carbonyl (C=O) groups is 3. The number of esters is 1. The SMILES string of the molecule is COC(=O)[C@@H]1C[C@H](CNC(=O)OC(C)(C)C)CN1C(=O)OC(C)(C)C. The molecule has 1 fully saturated rings. The molecule has 0 spiro atoms. The van der Waals surface area contributed by atoms with E-state index in [1.165, 1.54) is 12.0 Å². The summed E-state index contributed by atoms with van der Waals surface area (Å²) in [4.78, 5) is 37.4. The van der Waals surface area contributed by atoms with Gasteiger partial charge in [0.15, 0.2) is 0 Å². The average molecular weight is 358 g/mol. The van der Waals surface area contributed by atoms with Crippen molar-refractivity contribution in [1.29, 1.82) is 0 Å². The fraction of sp³-hybridized carbons (Fsp3) is 0.824. The lowest BCUT2D eigenvalue weighted by atomic mass is 10.1. The maximum absolute atomic E-state index is 12.3. The zero-order chi connectivity index (χ0) is 19.4. The number of rotatable bonds is 3. The summed E-state index contributed by atoms with van der Waals surface area (Å²) in [6.07, 6.45) is -0.706. The van der Waals surface area contributed by atoms with E-state index in [-0.39, 0.29) is 5.92 Å². The fourth-order valence-electron chi connectivity index (χ4n) is 2.49. The van der Waals surface area contributed by atoms with Crippen LogP contribution in [0.3, 0.4) is 0 Å². The predicted molar refractivity (Wildman–Crippen MR) is 91.1 cm³/mol. The molecule has 0 bridgehead atoms. The summed E-state index contributed by atoms with van der Waals surface area (Å²) < 4.78 is 15.3. The molecule has 144 valence electrons. The van der Waals surface area contributed by atoms with Crippen LogP contribution in [-0.2, 0) is 19.0 Å². The number of hydrogen-bond acceptors (Lipinski definition) is 6. The first-order valence-corrected chi connectivity index (χ1v) is 8.36. The van der Waals surface area contributed by atoms with E-state index in [2.05, 4.69) is 5.32 Å². The molecule has 2 amide bonds. The monoisotopic (exact) mass is 358 g/mol. The molecule has 1 rings (SSSR count). The minimum absolute atomic E-state index is 0.0934. The summed E-state index contributed by atoms with van der Waals surface area (Å²) in [6, 6.07) is -0.717. The van der Waals surface area contributed by atoms with Gasteiger partial charge in [-0.2, -0.15) is 0 Å². The highest BCUT2D eigenvalue weighted by atomic mass is 16.6. The van der Waals surface area contributed by atoms with Crippen molar-refractivity contribution in [3.05, 3.63) is 0 Å².